The van der Waals surface area contributed by atoms with Crippen molar-refractivity contribution in [2.75, 3.05) is 19.6 Å². The van der Waals surface area contributed by atoms with Crippen LogP contribution in [0.25, 0.3) is 5.57 Å². The number of nitrogens with zero attached hydrogens (tertiary/aromatic N) is 2. The lowest BCUT2D eigenvalue weighted by atomic mass is 9.86. The normalized spacial score (nSPS) is 30.7. The zero-order valence-corrected chi connectivity index (χ0v) is 13.3. The van der Waals surface area contributed by atoms with Crippen LogP contribution < -0.4 is 4.74 Å². The van der Waals surface area contributed by atoms with Gasteiger partial charge in [-0.1, -0.05) is 17.7 Å². The molecule has 1 atom stereocenters. The highest BCUT2D eigenvalue weighted by Gasteiger charge is 2.35. The molecule has 4 heterocycles. The molecular formula is C19H24N2O. The molecule has 0 amide bonds. The quantitative estimate of drug-likeness (QED) is 0.851. The molecule has 116 valence electrons. The zero-order chi connectivity index (χ0) is 14.9. The number of fused-ring (bicyclic) bond motifs is 3. The SMILES string of the molecule is CC1=CC=C(c2ccc(O[C@H]3CN4CCC3CC4)cn2)CC1. The summed E-state index contributed by atoms with van der Waals surface area (Å²) < 4.78 is 6.21. The van der Waals surface area contributed by atoms with E-state index in [0.717, 1.165) is 36.7 Å². The second-order valence-electron chi connectivity index (χ2n) is 6.88. The van der Waals surface area contributed by atoms with Gasteiger partial charge in [-0.05, 0) is 69.3 Å². The van der Waals surface area contributed by atoms with E-state index in [4.69, 9.17) is 4.74 Å². The summed E-state index contributed by atoms with van der Waals surface area (Å²) in [6.45, 7) is 5.78. The second-order valence-corrected chi connectivity index (χ2v) is 6.88. The van der Waals surface area contributed by atoms with E-state index in [-0.39, 0.29) is 0 Å². The first kappa shape index (κ1) is 14.0. The Morgan fingerprint density at radius 2 is 2.00 bits per heavy atom. The molecule has 1 aromatic rings. The number of pyridine rings is 1. The van der Waals surface area contributed by atoms with E-state index in [9.17, 15) is 0 Å². The highest BCUT2D eigenvalue weighted by molar-refractivity contribution is 5.66. The summed E-state index contributed by atoms with van der Waals surface area (Å²) in [4.78, 5) is 7.14. The van der Waals surface area contributed by atoms with Crippen molar-refractivity contribution < 1.29 is 4.74 Å². The Balaban J connectivity index is 1.44. The lowest BCUT2D eigenvalue weighted by molar-refractivity contribution is -0.00792. The van der Waals surface area contributed by atoms with Gasteiger partial charge in [0.25, 0.3) is 0 Å². The van der Waals surface area contributed by atoms with E-state index in [2.05, 4.69) is 41.1 Å². The van der Waals surface area contributed by atoms with E-state index in [0.29, 0.717) is 6.10 Å². The molecule has 0 N–H and O–H groups in total. The molecule has 5 rings (SSSR count). The van der Waals surface area contributed by atoms with Crippen LogP contribution in [0.4, 0.5) is 0 Å². The zero-order valence-electron chi connectivity index (χ0n) is 13.3. The van der Waals surface area contributed by atoms with E-state index in [1.54, 1.807) is 0 Å². The summed E-state index contributed by atoms with van der Waals surface area (Å²) in [6, 6.07) is 4.20. The Bertz CT molecular complexity index is 594. The largest absolute Gasteiger partial charge is 0.487 e. The number of rotatable bonds is 3. The van der Waals surface area contributed by atoms with Crippen molar-refractivity contribution in [3.63, 3.8) is 0 Å². The number of piperidine rings is 3. The highest BCUT2D eigenvalue weighted by atomic mass is 16.5. The Morgan fingerprint density at radius 1 is 1.14 bits per heavy atom. The van der Waals surface area contributed by atoms with Crippen molar-refractivity contribution in [3.8, 4) is 5.75 Å². The van der Waals surface area contributed by atoms with Gasteiger partial charge in [0.15, 0.2) is 0 Å². The summed E-state index contributed by atoms with van der Waals surface area (Å²) >= 11 is 0. The molecule has 3 nitrogen and oxygen atoms in total. The number of ether oxygens (including phenoxy) is 1. The van der Waals surface area contributed by atoms with Crippen LogP contribution in [0.1, 0.15) is 38.3 Å². The first-order valence-corrected chi connectivity index (χ1v) is 8.50. The topological polar surface area (TPSA) is 25.4 Å². The van der Waals surface area contributed by atoms with E-state index in [1.807, 2.05) is 6.20 Å². The van der Waals surface area contributed by atoms with Gasteiger partial charge in [0.05, 0.1) is 11.9 Å². The van der Waals surface area contributed by atoms with Gasteiger partial charge in [-0.3, -0.25) is 9.88 Å². The van der Waals surface area contributed by atoms with Crippen LogP contribution in [0, 0.1) is 5.92 Å². The predicted octanol–water partition coefficient (Wildman–Crippen LogP) is 3.68. The lowest BCUT2D eigenvalue weighted by Crippen LogP contribution is -2.52. The summed E-state index contributed by atoms with van der Waals surface area (Å²) in [5, 5.41) is 0. The first-order valence-electron chi connectivity index (χ1n) is 8.50. The van der Waals surface area contributed by atoms with Crippen LogP contribution in [0.3, 0.4) is 0 Å². The average Bonchev–Trinajstić information content (AvgIpc) is 2.58. The molecule has 22 heavy (non-hydrogen) atoms. The fourth-order valence-electron chi connectivity index (χ4n) is 3.81. The maximum absolute atomic E-state index is 6.21. The van der Waals surface area contributed by atoms with Gasteiger partial charge >= 0.3 is 0 Å². The minimum absolute atomic E-state index is 0.356. The molecule has 3 heteroatoms. The summed E-state index contributed by atoms with van der Waals surface area (Å²) in [7, 11) is 0. The van der Waals surface area contributed by atoms with Gasteiger partial charge in [0.1, 0.15) is 11.9 Å². The van der Waals surface area contributed by atoms with E-state index in [1.165, 1.54) is 37.1 Å². The number of hydrogen-bond donors (Lipinski definition) is 0. The molecule has 0 unspecified atom stereocenters. The summed E-state index contributed by atoms with van der Waals surface area (Å²) in [5.41, 5.74) is 3.87. The van der Waals surface area contributed by atoms with Crippen LogP contribution >= 0.6 is 0 Å². The molecule has 3 fully saturated rings. The molecule has 1 aliphatic carbocycles. The van der Waals surface area contributed by atoms with Crippen LogP contribution in [0.2, 0.25) is 0 Å². The molecule has 3 aliphatic heterocycles. The molecule has 0 radical (unpaired) electrons. The van der Waals surface area contributed by atoms with Gasteiger partial charge in [0, 0.05) is 6.54 Å². The first-order chi connectivity index (χ1) is 10.8. The Morgan fingerprint density at radius 3 is 2.59 bits per heavy atom. The number of allylic oxidation sites excluding steroid dienone is 4. The highest BCUT2D eigenvalue weighted by Crippen LogP contribution is 2.31. The molecule has 0 saturated carbocycles. The molecule has 1 aromatic heterocycles. The van der Waals surface area contributed by atoms with Gasteiger partial charge < -0.3 is 4.74 Å². The van der Waals surface area contributed by atoms with Crippen LogP contribution in [0.5, 0.6) is 5.75 Å². The predicted molar refractivity (Wildman–Crippen MR) is 88.8 cm³/mol. The maximum Gasteiger partial charge on any atom is 0.138 e. The number of hydrogen-bond acceptors (Lipinski definition) is 3. The van der Waals surface area contributed by atoms with Crippen molar-refractivity contribution >= 4 is 5.57 Å². The summed E-state index contributed by atoms with van der Waals surface area (Å²) in [5.74, 6) is 1.66. The molecule has 0 aromatic carbocycles. The van der Waals surface area contributed by atoms with Crippen molar-refractivity contribution in [2.24, 2.45) is 5.92 Å². The molecule has 0 spiro atoms. The fraction of sp³-hybridized carbons (Fsp3) is 0.526. The minimum atomic E-state index is 0.356. The van der Waals surface area contributed by atoms with Gasteiger partial charge in [-0.25, -0.2) is 0 Å². The average molecular weight is 296 g/mol. The van der Waals surface area contributed by atoms with Crippen molar-refractivity contribution in [1.82, 2.24) is 9.88 Å². The van der Waals surface area contributed by atoms with Crippen molar-refractivity contribution in [3.05, 3.63) is 41.7 Å². The summed E-state index contributed by atoms with van der Waals surface area (Å²) in [6.07, 6.45) is 11.5. The third-order valence-corrected chi connectivity index (χ3v) is 5.31. The van der Waals surface area contributed by atoms with Crippen LogP contribution in [0.15, 0.2) is 36.1 Å². The molecular weight excluding hydrogens is 272 g/mol. The third kappa shape index (κ3) is 2.82. The Hall–Kier alpha value is -1.61. The Labute approximate surface area is 132 Å². The molecule has 3 saturated heterocycles. The minimum Gasteiger partial charge on any atom is -0.487 e. The van der Waals surface area contributed by atoms with Gasteiger partial charge in [-0.2, -0.15) is 0 Å². The molecule has 4 aliphatic rings. The number of aromatic nitrogens is 1. The van der Waals surface area contributed by atoms with Gasteiger partial charge in [0.2, 0.25) is 0 Å². The maximum atomic E-state index is 6.21. The molecule has 2 bridgehead atoms. The third-order valence-electron chi connectivity index (χ3n) is 5.31. The Kier molecular flexibility index (Phi) is 3.75. The van der Waals surface area contributed by atoms with E-state index < -0.39 is 0 Å². The van der Waals surface area contributed by atoms with Crippen LogP contribution in [-0.2, 0) is 0 Å². The van der Waals surface area contributed by atoms with Crippen molar-refractivity contribution in [2.45, 2.75) is 38.7 Å². The lowest BCUT2D eigenvalue weighted by Gasteiger charge is -2.44. The fourth-order valence-corrected chi connectivity index (χ4v) is 3.81. The smallest absolute Gasteiger partial charge is 0.138 e. The second kappa shape index (κ2) is 5.88. The van der Waals surface area contributed by atoms with Gasteiger partial charge in [-0.15, -0.1) is 0 Å². The van der Waals surface area contributed by atoms with E-state index >= 15 is 0 Å². The van der Waals surface area contributed by atoms with Crippen LogP contribution in [-0.4, -0.2) is 35.6 Å². The van der Waals surface area contributed by atoms with Crippen molar-refractivity contribution in [1.29, 1.82) is 0 Å². The monoisotopic (exact) mass is 296 g/mol. The standard InChI is InChI=1S/C19H24N2O/c1-14-2-4-15(5-3-14)18-7-6-17(12-20-18)22-19-13-21-10-8-16(19)9-11-21/h2,4,6-7,12,16,19H,3,5,8-11,13H2,1H3/t19-/m0/s1.